The lowest BCUT2D eigenvalue weighted by Gasteiger charge is -2.18. The molecule has 20 heavy (non-hydrogen) atoms. The van der Waals surface area contributed by atoms with E-state index in [-0.39, 0.29) is 5.82 Å². The number of fused-ring (bicyclic) bond motifs is 1. The lowest BCUT2D eigenvalue weighted by Crippen LogP contribution is -2.09. The zero-order chi connectivity index (χ0) is 14.5. The molecule has 108 valence electrons. The van der Waals surface area contributed by atoms with Gasteiger partial charge in [-0.3, -0.25) is 4.98 Å². The lowest BCUT2D eigenvalue weighted by atomic mass is 10.1. The molecule has 0 saturated carbocycles. The minimum atomic E-state index is -0.564. The Bertz CT molecular complexity index is 583. The Hall–Kier alpha value is -1.56. The molecule has 5 heteroatoms. The fourth-order valence-electron chi connectivity index (χ4n) is 2.06. The molecule has 0 spiro atoms. The van der Waals surface area contributed by atoms with Crippen molar-refractivity contribution in [3.05, 3.63) is 41.3 Å². The van der Waals surface area contributed by atoms with Gasteiger partial charge in [0, 0.05) is 36.9 Å². The van der Waals surface area contributed by atoms with E-state index in [1.165, 1.54) is 6.07 Å². The summed E-state index contributed by atoms with van der Waals surface area (Å²) in [5.41, 5.74) is 7.43. The number of nitrogens with zero attached hydrogens (tertiary/aromatic N) is 1. The predicted octanol–water partition coefficient (Wildman–Crippen LogP) is 2.90. The highest BCUT2D eigenvalue weighted by molar-refractivity contribution is 5.80. The molecular weight excluding hydrogens is 259 g/mol. The molecule has 1 aromatic carbocycles. The summed E-state index contributed by atoms with van der Waals surface area (Å²) >= 11 is 0. The van der Waals surface area contributed by atoms with E-state index >= 15 is 0 Å². The maximum absolute atomic E-state index is 14.1. The Balaban J connectivity index is 2.48. The molecule has 0 aliphatic heterocycles. The Labute approximate surface area is 117 Å². The number of rotatable bonds is 6. The first-order valence-electron chi connectivity index (χ1n) is 6.70. The minimum absolute atomic E-state index is 0.331. The number of nitrogens with two attached hydrogens (primary N) is 1. The van der Waals surface area contributed by atoms with Gasteiger partial charge in [0.05, 0.1) is 0 Å². The molecule has 0 saturated heterocycles. The molecule has 1 aromatic heterocycles. The molecule has 2 rings (SSSR count). The highest BCUT2D eigenvalue weighted by Gasteiger charge is 2.15. The van der Waals surface area contributed by atoms with Gasteiger partial charge in [-0.05, 0) is 37.6 Å². The summed E-state index contributed by atoms with van der Waals surface area (Å²) < 4.78 is 25.1. The maximum Gasteiger partial charge on any atom is 0.183 e. The fraction of sp³-hybridized carbons (Fsp3) is 0.400. The smallest absolute Gasteiger partial charge is 0.183 e. The second-order valence-electron chi connectivity index (χ2n) is 4.36. The van der Waals surface area contributed by atoms with Crippen molar-refractivity contribution in [1.82, 2.24) is 4.98 Å². The van der Waals surface area contributed by atoms with Crippen molar-refractivity contribution in [2.45, 2.75) is 26.7 Å². The van der Waals surface area contributed by atoms with Crippen LogP contribution >= 0.6 is 0 Å². The van der Waals surface area contributed by atoms with Gasteiger partial charge in [-0.1, -0.05) is 0 Å². The Morgan fingerprint density at radius 3 is 2.50 bits per heavy atom. The first-order valence-corrected chi connectivity index (χ1v) is 6.70. The van der Waals surface area contributed by atoms with Crippen molar-refractivity contribution in [2.24, 2.45) is 5.73 Å². The standard InChI is InChI=1S/C15H19FN2O2/c1-3-19-15(20-4-2)12-6-11-5-10(8-17)9-18-14(11)13(16)7-12/h5-7,9,15H,3-4,8,17H2,1-2H3. The van der Waals surface area contributed by atoms with Gasteiger partial charge in [0.25, 0.3) is 0 Å². The predicted molar refractivity (Wildman–Crippen MR) is 75.6 cm³/mol. The van der Waals surface area contributed by atoms with Gasteiger partial charge >= 0.3 is 0 Å². The Kier molecular flexibility index (Phi) is 5.00. The highest BCUT2D eigenvalue weighted by Crippen LogP contribution is 2.26. The van der Waals surface area contributed by atoms with Crippen LogP contribution < -0.4 is 5.73 Å². The second-order valence-corrected chi connectivity index (χ2v) is 4.36. The topological polar surface area (TPSA) is 57.4 Å². The molecule has 0 aliphatic rings. The summed E-state index contributed by atoms with van der Waals surface area (Å²) in [5.74, 6) is -0.384. The number of benzene rings is 1. The van der Waals surface area contributed by atoms with Crippen molar-refractivity contribution in [3.63, 3.8) is 0 Å². The van der Waals surface area contributed by atoms with Crippen molar-refractivity contribution in [3.8, 4) is 0 Å². The van der Waals surface area contributed by atoms with Crippen LogP contribution in [0.4, 0.5) is 4.39 Å². The zero-order valence-corrected chi connectivity index (χ0v) is 11.7. The molecule has 0 unspecified atom stereocenters. The average Bonchev–Trinajstić information content (AvgIpc) is 2.46. The molecular formula is C15H19FN2O2. The first-order chi connectivity index (χ1) is 9.69. The third kappa shape index (κ3) is 3.12. The van der Waals surface area contributed by atoms with Crippen LogP contribution in [-0.4, -0.2) is 18.2 Å². The third-order valence-electron chi connectivity index (χ3n) is 2.96. The van der Waals surface area contributed by atoms with Crippen molar-refractivity contribution in [2.75, 3.05) is 13.2 Å². The van der Waals surface area contributed by atoms with Gasteiger partial charge in [0.1, 0.15) is 11.3 Å². The van der Waals surface area contributed by atoms with Crippen LogP contribution in [0.3, 0.4) is 0 Å². The monoisotopic (exact) mass is 278 g/mol. The number of ether oxygens (including phenoxy) is 2. The van der Waals surface area contributed by atoms with Crippen LogP contribution in [-0.2, 0) is 16.0 Å². The quantitative estimate of drug-likeness (QED) is 0.825. The van der Waals surface area contributed by atoms with Crippen LogP contribution in [0.5, 0.6) is 0 Å². The molecule has 0 amide bonds. The summed E-state index contributed by atoms with van der Waals surface area (Å²) in [6.07, 6.45) is 1.03. The minimum Gasteiger partial charge on any atom is -0.349 e. The summed E-state index contributed by atoms with van der Waals surface area (Å²) in [6.45, 7) is 5.10. The van der Waals surface area contributed by atoms with Gasteiger partial charge in [-0.25, -0.2) is 4.39 Å². The molecule has 0 bridgehead atoms. The summed E-state index contributed by atoms with van der Waals surface area (Å²) in [5, 5.41) is 0.701. The van der Waals surface area contributed by atoms with E-state index in [4.69, 9.17) is 15.2 Å². The second kappa shape index (κ2) is 6.74. The van der Waals surface area contributed by atoms with E-state index in [2.05, 4.69) is 4.98 Å². The van der Waals surface area contributed by atoms with Crippen LogP contribution in [0, 0.1) is 5.82 Å². The molecule has 2 aromatic rings. The molecule has 1 heterocycles. The number of halogens is 1. The number of pyridine rings is 1. The normalized spacial score (nSPS) is 11.4. The summed E-state index contributed by atoms with van der Waals surface area (Å²) in [7, 11) is 0. The molecule has 0 fully saturated rings. The molecule has 0 aliphatic carbocycles. The maximum atomic E-state index is 14.1. The van der Waals surface area contributed by atoms with E-state index in [9.17, 15) is 4.39 Å². The average molecular weight is 278 g/mol. The Morgan fingerprint density at radius 2 is 1.90 bits per heavy atom. The number of hydrogen-bond acceptors (Lipinski definition) is 4. The largest absolute Gasteiger partial charge is 0.349 e. The van der Waals surface area contributed by atoms with Crippen LogP contribution in [0.1, 0.15) is 31.3 Å². The van der Waals surface area contributed by atoms with Crippen LogP contribution in [0.25, 0.3) is 10.9 Å². The van der Waals surface area contributed by atoms with Gasteiger partial charge in [0.2, 0.25) is 0 Å². The SMILES string of the molecule is CCOC(OCC)c1cc(F)c2ncc(CN)cc2c1. The molecule has 0 radical (unpaired) electrons. The number of hydrogen-bond donors (Lipinski definition) is 1. The zero-order valence-electron chi connectivity index (χ0n) is 11.7. The third-order valence-corrected chi connectivity index (χ3v) is 2.96. The van der Waals surface area contributed by atoms with Gasteiger partial charge in [-0.15, -0.1) is 0 Å². The fourth-order valence-corrected chi connectivity index (χ4v) is 2.06. The van der Waals surface area contributed by atoms with Gasteiger partial charge < -0.3 is 15.2 Å². The summed E-state index contributed by atoms with van der Waals surface area (Å²) in [6, 6.07) is 5.08. The van der Waals surface area contributed by atoms with E-state index in [0.717, 1.165) is 5.56 Å². The highest BCUT2D eigenvalue weighted by atomic mass is 19.1. The van der Waals surface area contributed by atoms with Crippen LogP contribution in [0.15, 0.2) is 24.4 Å². The molecule has 0 atom stereocenters. The summed E-state index contributed by atoms with van der Waals surface area (Å²) in [4.78, 5) is 4.11. The van der Waals surface area contributed by atoms with Gasteiger partial charge in [0.15, 0.2) is 6.29 Å². The van der Waals surface area contributed by atoms with E-state index in [0.29, 0.717) is 36.2 Å². The number of aromatic nitrogens is 1. The van der Waals surface area contributed by atoms with Crippen molar-refractivity contribution < 1.29 is 13.9 Å². The van der Waals surface area contributed by atoms with E-state index in [1.807, 2.05) is 26.0 Å². The van der Waals surface area contributed by atoms with Crippen LogP contribution in [0.2, 0.25) is 0 Å². The Morgan fingerprint density at radius 1 is 1.20 bits per heavy atom. The van der Waals surface area contributed by atoms with Gasteiger partial charge in [-0.2, -0.15) is 0 Å². The molecule has 2 N–H and O–H groups in total. The first kappa shape index (κ1) is 14.8. The van der Waals surface area contributed by atoms with Crippen molar-refractivity contribution in [1.29, 1.82) is 0 Å². The van der Waals surface area contributed by atoms with E-state index in [1.54, 1.807) is 6.20 Å². The van der Waals surface area contributed by atoms with E-state index < -0.39 is 6.29 Å². The van der Waals surface area contributed by atoms with Crippen molar-refractivity contribution >= 4 is 10.9 Å². The molecule has 4 nitrogen and oxygen atoms in total. The lowest BCUT2D eigenvalue weighted by molar-refractivity contribution is -0.140.